The zero-order chi connectivity index (χ0) is 16.6. The summed E-state index contributed by atoms with van der Waals surface area (Å²) in [5.41, 5.74) is 1.83. The van der Waals surface area contributed by atoms with E-state index in [4.69, 9.17) is 15.8 Å². The third-order valence-corrected chi connectivity index (χ3v) is 4.90. The van der Waals surface area contributed by atoms with Crippen molar-refractivity contribution in [3.8, 4) is 5.75 Å². The van der Waals surface area contributed by atoms with E-state index in [0.717, 1.165) is 11.1 Å². The first-order valence-corrected chi connectivity index (χ1v) is 8.58. The molecule has 1 aromatic carbocycles. The minimum atomic E-state index is -4.02. The van der Waals surface area contributed by atoms with Crippen molar-refractivity contribution < 1.29 is 12.6 Å². The first-order chi connectivity index (χ1) is 10.9. The van der Waals surface area contributed by atoms with Crippen molar-refractivity contribution in [2.24, 2.45) is 0 Å². The topological polar surface area (TPSA) is 69.2 Å². The number of halogens is 1. The molecule has 2 aromatic heterocycles. The zero-order valence-corrected chi connectivity index (χ0v) is 14.0. The molecule has 0 saturated carbocycles. The van der Waals surface area contributed by atoms with Gasteiger partial charge in [0.2, 0.25) is 0 Å². The molecule has 0 saturated heterocycles. The Balaban J connectivity index is 2.07. The number of aromatic nitrogens is 2. The maximum Gasteiger partial charge on any atom is 0.340 e. The zero-order valence-electron chi connectivity index (χ0n) is 12.4. The number of benzene rings is 1. The predicted octanol–water partition coefficient (Wildman–Crippen LogP) is 3.67. The molecule has 0 aliphatic heterocycles. The van der Waals surface area contributed by atoms with Gasteiger partial charge in [-0.1, -0.05) is 29.8 Å². The molecule has 0 bridgehead atoms. The Morgan fingerprint density at radius 3 is 2.65 bits per heavy atom. The van der Waals surface area contributed by atoms with Crippen LogP contribution in [-0.2, 0) is 10.1 Å². The highest BCUT2D eigenvalue weighted by Gasteiger charge is 2.20. The molecule has 0 unspecified atom stereocenters. The Morgan fingerprint density at radius 2 is 1.91 bits per heavy atom. The molecular formula is C16H13ClN2O3S. The number of aryl methyl sites for hydroxylation is 2. The Bertz CT molecular complexity index is 1000. The second-order valence-electron chi connectivity index (χ2n) is 5.10. The fraction of sp³-hybridized carbons (Fsp3) is 0.125. The van der Waals surface area contributed by atoms with Crippen LogP contribution in [0.2, 0.25) is 5.15 Å². The summed E-state index contributed by atoms with van der Waals surface area (Å²) in [7, 11) is -4.02. The van der Waals surface area contributed by atoms with Gasteiger partial charge in [0.05, 0.1) is 6.20 Å². The lowest BCUT2D eigenvalue weighted by atomic mass is 10.2. The number of pyridine rings is 2. The molecule has 5 nitrogen and oxygen atoms in total. The van der Waals surface area contributed by atoms with Crippen LogP contribution in [-0.4, -0.2) is 18.4 Å². The Morgan fingerprint density at radius 1 is 1.13 bits per heavy atom. The second-order valence-corrected chi connectivity index (χ2v) is 7.00. The molecule has 0 spiro atoms. The summed E-state index contributed by atoms with van der Waals surface area (Å²) < 4.78 is 30.2. The molecule has 0 radical (unpaired) electrons. The van der Waals surface area contributed by atoms with Crippen molar-refractivity contribution in [1.29, 1.82) is 0 Å². The average molecular weight is 349 g/mol. The van der Waals surface area contributed by atoms with E-state index in [1.165, 1.54) is 12.3 Å². The highest BCUT2D eigenvalue weighted by atomic mass is 35.5. The third-order valence-electron chi connectivity index (χ3n) is 3.30. The lowest BCUT2D eigenvalue weighted by Gasteiger charge is -2.10. The van der Waals surface area contributed by atoms with Crippen LogP contribution in [0, 0.1) is 13.8 Å². The quantitative estimate of drug-likeness (QED) is 0.533. The molecule has 0 atom stereocenters. The normalized spacial score (nSPS) is 11.6. The van der Waals surface area contributed by atoms with E-state index >= 15 is 0 Å². The highest BCUT2D eigenvalue weighted by Crippen LogP contribution is 2.27. The van der Waals surface area contributed by atoms with E-state index in [1.807, 2.05) is 25.1 Å². The molecule has 3 rings (SSSR count). The summed E-state index contributed by atoms with van der Waals surface area (Å²) in [6.07, 6.45) is 1.18. The van der Waals surface area contributed by atoms with Gasteiger partial charge >= 0.3 is 10.1 Å². The summed E-state index contributed by atoms with van der Waals surface area (Å²) in [6.45, 7) is 3.51. The summed E-state index contributed by atoms with van der Waals surface area (Å²) in [5, 5.41) is 1.06. The first kappa shape index (κ1) is 15.7. The maximum atomic E-state index is 12.5. The van der Waals surface area contributed by atoms with Crippen LogP contribution in [0.25, 0.3) is 10.9 Å². The van der Waals surface area contributed by atoms with Gasteiger partial charge in [0.15, 0.2) is 5.75 Å². The summed E-state index contributed by atoms with van der Waals surface area (Å²) in [5.74, 6) is 0.179. The minimum absolute atomic E-state index is 0.0518. The second kappa shape index (κ2) is 5.79. The van der Waals surface area contributed by atoms with Crippen LogP contribution >= 0.6 is 11.6 Å². The van der Waals surface area contributed by atoms with E-state index in [1.54, 1.807) is 19.1 Å². The van der Waals surface area contributed by atoms with Gasteiger partial charge in [-0.25, -0.2) is 9.97 Å². The van der Waals surface area contributed by atoms with Crippen molar-refractivity contribution >= 4 is 32.6 Å². The largest absolute Gasteiger partial charge is 0.377 e. The van der Waals surface area contributed by atoms with Crippen LogP contribution < -0.4 is 4.18 Å². The fourth-order valence-electron chi connectivity index (χ4n) is 2.12. The molecule has 2 heterocycles. The van der Waals surface area contributed by atoms with Crippen LogP contribution in [0.5, 0.6) is 5.75 Å². The number of hydrogen-bond donors (Lipinski definition) is 0. The van der Waals surface area contributed by atoms with Gasteiger partial charge in [0, 0.05) is 11.1 Å². The van der Waals surface area contributed by atoms with E-state index in [-0.39, 0.29) is 15.8 Å². The van der Waals surface area contributed by atoms with Crippen LogP contribution in [0.4, 0.5) is 0 Å². The minimum Gasteiger partial charge on any atom is -0.377 e. The van der Waals surface area contributed by atoms with Gasteiger partial charge in [0.25, 0.3) is 0 Å². The van der Waals surface area contributed by atoms with Crippen molar-refractivity contribution in [3.63, 3.8) is 0 Å². The standard InChI is InChI=1S/C16H13ClN2O3S/c1-10-8-13(9-18-16(10)17)23(20,21)22-14-5-3-4-12-7-6-11(2)19-15(12)14/h3-9H,1-2H3. The van der Waals surface area contributed by atoms with Crippen LogP contribution in [0.15, 0.2) is 47.5 Å². The maximum absolute atomic E-state index is 12.5. The third kappa shape index (κ3) is 3.13. The molecule has 0 fully saturated rings. The van der Waals surface area contributed by atoms with E-state index < -0.39 is 10.1 Å². The Hall–Kier alpha value is -2.18. The van der Waals surface area contributed by atoms with Crippen molar-refractivity contribution in [3.05, 3.63) is 59.0 Å². The molecule has 7 heteroatoms. The van der Waals surface area contributed by atoms with Crippen molar-refractivity contribution in [2.45, 2.75) is 18.7 Å². The van der Waals surface area contributed by atoms with Gasteiger partial charge in [0.1, 0.15) is 15.6 Å². The summed E-state index contributed by atoms with van der Waals surface area (Å²) in [4.78, 5) is 8.16. The average Bonchev–Trinajstić information content (AvgIpc) is 2.50. The lowest BCUT2D eigenvalue weighted by Crippen LogP contribution is -2.11. The van der Waals surface area contributed by atoms with Gasteiger partial charge in [-0.05, 0) is 37.6 Å². The smallest absolute Gasteiger partial charge is 0.340 e. The van der Waals surface area contributed by atoms with E-state index in [0.29, 0.717) is 11.1 Å². The molecule has 23 heavy (non-hydrogen) atoms. The number of fused-ring (bicyclic) bond motifs is 1. The molecule has 118 valence electrons. The molecule has 0 aliphatic rings. The van der Waals surface area contributed by atoms with Crippen LogP contribution in [0.1, 0.15) is 11.3 Å². The van der Waals surface area contributed by atoms with Gasteiger partial charge in [-0.3, -0.25) is 0 Å². The summed E-state index contributed by atoms with van der Waals surface area (Å²) >= 11 is 5.83. The van der Waals surface area contributed by atoms with Crippen molar-refractivity contribution in [2.75, 3.05) is 0 Å². The number of para-hydroxylation sites is 1. The fourth-order valence-corrected chi connectivity index (χ4v) is 3.19. The van der Waals surface area contributed by atoms with E-state index in [9.17, 15) is 8.42 Å². The van der Waals surface area contributed by atoms with E-state index in [2.05, 4.69) is 9.97 Å². The van der Waals surface area contributed by atoms with Crippen LogP contribution in [0.3, 0.4) is 0 Å². The lowest BCUT2D eigenvalue weighted by molar-refractivity contribution is 0.487. The van der Waals surface area contributed by atoms with Gasteiger partial charge < -0.3 is 4.18 Å². The van der Waals surface area contributed by atoms with Gasteiger partial charge in [-0.15, -0.1) is 0 Å². The molecule has 3 aromatic rings. The number of rotatable bonds is 3. The molecule has 0 aliphatic carbocycles. The molecule has 0 amide bonds. The monoisotopic (exact) mass is 348 g/mol. The SMILES string of the molecule is Cc1ccc2cccc(OS(=O)(=O)c3cnc(Cl)c(C)c3)c2n1. The molecule has 0 N–H and O–H groups in total. The highest BCUT2D eigenvalue weighted by molar-refractivity contribution is 7.87. The molecular weight excluding hydrogens is 336 g/mol. The number of hydrogen-bond acceptors (Lipinski definition) is 5. The predicted molar refractivity (Wildman–Crippen MR) is 88.3 cm³/mol. The Labute approximate surface area is 139 Å². The van der Waals surface area contributed by atoms with Gasteiger partial charge in [-0.2, -0.15) is 8.42 Å². The Kier molecular flexibility index (Phi) is 3.95. The number of nitrogens with zero attached hydrogens (tertiary/aromatic N) is 2. The first-order valence-electron chi connectivity index (χ1n) is 6.80. The van der Waals surface area contributed by atoms with Crippen molar-refractivity contribution in [1.82, 2.24) is 9.97 Å². The summed E-state index contributed by atoms with van der Waals surface area (Å²) in [6, 6.07) is 10.3.